The van der Waals surface area contributed by atoms with Crippen molar-refractivity contribution < 1.29 is 14.0 Å². The number of carbonyl (C=O) groups is 2. The molecule has 4 rings (SSSR count). The van der Waals surface area contributed by atoms with Crippen LogP contribution in [-0.4, -0.2) is 34.3 Å². The number of carbonyl (C=O) groups excluding carboxylic acids is 2. The molecule has 3 heterocycles. The average Bonchev–Trinajstić information content (AvgIpc) is 3.17. The predicted molar refractivity (Wildman–Crippen MR) is 99.6 cm³/mol. The maximum Gasteiger partial charge on any atom is 0.261 e. The Kier molecular flexibility index (Phi) is 4.20. The average molecular weight is 370 g/mol. The molecule has 0 fully saturated rings. The molecule has 1 atom stereocenters. The number of amides is 2. The molecule has 8 heteroatoms. The zero-order valence-corrected chi connectivity index (χ0v) is 14.7. The monoisotopic (exact) mass is 370 g/mol. The Morgan fingerprint density at radius 3 is 3.04 bits per heavy atom. The molecule has 2 amide bonds. The SMILES string of the molecule is CC1=C(C(=O)NCCn2ccc3ccc(F)cc32)SC2=NC=NC(=O)C21. The third-order valence-corrected chi connectivity index (χ3v) is 5.70. The van der Waals surface area contributed by atoms with Gasteiger partial charge in [-0.25, -0.2) is 14.4 Å². The van der Waals surface area contributed by atoms with E-state index in [2.05, 4.69) is 15.3 Å². The Labute approximate surface area is 152 Å². The van der Waals surface area contributed by atoms with Crippen molar-refractivity contribution in [3.05, 3.63) is 46.8 Å². The molecule has 0 bridgehead atoms. The minimum Gasteiger partial charge on any atom is -0.350 e. The van der Waals surface area contributed by atoms with Crippen LogP contribution in [0, 0.1) is 11.7 Å². The first kappa shape index (κ1) is 16.7. The van der Waals surface area contributed by atoms with Gasteiger partial charge in [0.25, 0.3) is 11.8 Å². The van der Waals surface area contributed by atoms with Crippen LogP contribution < -0.4 is 5.32 Å². The highest BCUT2D eigenvalue weighted by Gasteiger charge is 2.38. The standard InChI is InChI=1S/C18H15FN4O2S/c1-10-14-16(24)21-9-22-18(14)26-15(10)17(25)20-5-7-23-6-4-11-2-3-12(19)8-13(11)23/h2-4,6,8-9,14H,5,7H2,1H3,(H,20,25). The van der Waals surface area contributed by atoms with Crippen LogP contribution >= 0.6 is 11.8 Å². The van der Waals surface area contributed by atoms with Crippen LogP contribution in [0.25, 0.3) is 10.9 Å². The number of benzene rings is 1. The molecular weight excluding hydrogens is 355 g/mol. The first-order chi connectivity index (χ1) is 12.5. The summed E-state index contributed by atoms with van der Waals surface area (Å²) < 4.78 is 15.3. The molecular formula is C18H15FN4O2S. The molecule has 1 N–H and O–H groups in total. The van der Waals surface area contributed by atoms with Crippen LogP contribution in [0.5, 0.6) is 0 Å². The molecule has 0 radical (unpaired) electrons. The van der Waals surface area contributed by atoms with Gasteiger partial charge in [-0.1, -0.05) is 11.8 Å². The fourth-order valence-electron chi connectivity index (χ4n) is 3.12. The Morgan fingerprint density at radius 2 is 2.23 bits per heavy atom. The molecule has 2 aromatic rings. The molecule has 1 aromatic heterocycles. The number of thioether (sulfide) groups is 1. The van der Waals surface area contributed by atoms with Gasteiger partial charge < -0.3 is 9.88 Å². The highest BCUT2D eigenvalue weighted by atomic mass is 32.2. The van der Waals surface area contributed by atoms with Crippen molar-refractivity contribution in [2.24, 2.45) is 15.9 Å². The summed E-state index contributed by atoms with van der Waals surface area (Å²) in [5.41, 5.74) is 1.47. The van der Waals surface area contributed by atoms with Crippen molar-refractivity contribution in [2.45, 2.75) is 13.5 Å². The van der Waals surface area contributed by atoms with Gasteiger partial charge in [0, 0.05) is 19.3 Å². The zero-order valence-electron chi connectivity index (χ0n) is 13.9. The molecule has 26 heavy (non-hydrogen) atoms. The van der Waals surface area contributed by atoms with Crippen LogP contribution in [0.2, 0.25) is 0 Å². The summed E-state index contributed by atoms with van der Waals surface area (Å²) in [4.78, 5) is 32.6. The second-order valence-corrected chi connectivity index (χ2v) is 7.10. The lowest BCUT2D eigenvalue weighted by molar-refractivity contribution is -0.118. The van der Waals surface area contributed by atoms with Crippen molar-refractivity contribution in [3.8, 4) is 0 Å². The summed E-state index contributed by atoms with van der Waals surface area (Å²) in [6.07, 6.45) is 3.09. The Bertz CT molecular complexity index is 1020. The van der Waals surface area contributed by atoms with Crippen molar-refractivity contribution in [1.82, 2.24) is 9.88 Å². The van der Waals surface area contributed by atoms with E-state index < -0.39 is 5.92 Å². The van der Waals surface area contributed by atoms with Gasteiger partial charge in [0.05, 0.1) is 15.5 Å². The van der Waals surface area contributed by atoms with Gasteiger partial charge in [0.1, 0.15) is 18.1 Å². The first-order valence-electron chi connectivity index (χ1n) is 8.10. The normalized spacial score (nSPS) is 19.1. The highest BCUT2D eigenvalue weighted by molar-refractivity contribution is 8.18. The molecule has 0 aliphatic carbocycles. The number of hydrogen-bond acceptors (Lipinski definition) is 4. The number of halogens is 1. The number of fused-ring (bicyclic) bond motifs is 2. The van der Waals surface area contributed by atoms with E-state index >= 15 is 0 Å². The largest absolute Gasteiger partial charge is 0.350 e. The van der Waals surface area contributed by atoms with E-state index in [1.807, 2.05) is 16.8 Å². The topological polar surface area (TPSA) is 75.8 Å². The zero-order chi connectivity index (χ0) is 18.3. The second kappa shape index (κ2) is 6.53. The van der Waals surface area contributed by atoms with Crippen molar-refractivity contribution in [3.63, 3.8) is 0 Å². The highest BCUT2D eigenvalue weighted by Crippen LogP contribution is 2.39. The van der Waals surface area contributed by atoms with Gasteiger partial charge in [-0.2, -0.15) is 0 Å². The maximum atomic E-state index is 13.4. The van der Waals surface area contributed by atoms with Gasteiger partial charge in [0.2, 0.25) is 0 Å². The predicted octanol–water partition coefficient (Wildman–Crippen LogP) is 2.50. The van der Waals surface area contributed by atoms with E-state index in [-0.39, 0.29) is 17.6 Å². The summed E-state index contributed by atoms with van der Waals surface area (Å²) in [6.45, 7) is 2.66. The second-order valence-electron chi connectivity index (χ2n) is 6.07. The van der Waals surface area contributed by atoms with Gasteiger partial charge in [-0.15, -0.1) is 0 Å². The molecule has 132 valence electrons. The lowest BCUT2D eigenvalue weighted by atomic mass is 10.00. The Balaban J connectivity index is 1.43. The van der Waals surface area contributed by atoms with Crippen LogP contribution in [0.4, 0.5) is 4.39 Å². The molecule has 1 unspecified atom stereocenters. The van der Waals surface area contributed by atoms with E-state index in [0.29, 0.717) is 28.6 Å². The summed E-state index contributed by atoms with van der Waals surface area (Å²) in [7, 11) is 0. The van der Waals surface area contributed by atoms with Crippen molar-refractivity contribution >= 4 is 45.9 Å². The maximum absolute atomic E-state index is 13.4. The van der Waals surface area contributed by atoms with Crippen LogP contribution in [0.3, 0.4) is 0 Å². The van der Waals surface area contributed by atoms with E-state index in [0.717, 1.165) is 10.9 Å². The van der Waals surface area contributed by atoms with E-state index in [1.54, 1.807) is 13.0 Å². The van der Waals surface area contributed by atoms with Gasteiger partial charge in [0.15, 0.2) is 0 Å². The lowest BCUT2D eigenvalue weighted by Gasteiger charge is -2.09. The smallest absolute Gasteiger partial charge is 0.261 e. The summed E-state index contributed by atoms with van der Waals surface area (Å²) in [5.74, 6) is -1.34. The number of nitrogens with one attached hydrogen (secondary N) is 1. The number of hydrogen-bond donors (Lipinski definition) is 1. The van der Waals surface area contributed by atoms with Crippen LogP contribution in [0.15, 0.2) is 50.9 Å². The minimum atomic E-state index is -0.526. The van der Waals surface area contributed by atoms with Crippen LogP contribution in [-0.2, 0) is 16.1 Å². The van der Waals surface area contributed by atoms with Crippen LogP contribution in [0.1, 0.15) is 6.92 Å². The van der Waals surface area contributed by atoms with Crippen molar-refractivity contribution in [1.29, 1.82) is 0 Å². The molecule has 1 aromatic carbocycles. The lowest BCUT2D eigenvalue weighted by Crippen LogP contribution is -2.27. The first-order valence-corrected chi connectivity index (χ1v) is 8.91. The fourth-order valence-corrected chi connectivity index (χ4v) is 4.27. The third-order valence-electron chi connectivity index (χ3n) is 4.44. The molecule has 0 saturated carbocycles. The fraction of sp³-hybridized carbons (Fsp3) is 0.222. The summed E-state index contributed by atoms with van der Waals surface area (Å²) in [5, 5.41) is 4.40. The summed E-state index contributed by atoms with van der Waals surface area (Å²) in [6, 6.07) is 6.54. The van der Waals surface area contributed by atoms with Crippen molar-refractivity contribution in [2.75, 3.05) is 6.54 Å². The van der Waals surface area contributed by atoms with E-state index in [1.165, 1.54) is 30.2 Å². The Hall–Kier alpha value is -2.74. The van der Waals surface area contributed by atoms with E-state index in [9.17, 15) is 14.0 Å². The number of aromatic nitrogens is 1. The van der Waals surface area contributed by atoms with Gasteiger partial charge in [-0.05, 0) is 42.1 Å². The Morgan fingerprint density at radius 1 is 1.38 bits per heavy atom. The quantitative estimate of drug-likeness (QED) is 0.898. The molecule has 2 aliphatic heterocycles. The minimum absolute atomic E-state index is 0.236. The van der Waals surface area contributed by atoms with Gasteiger partial charge >= 0.3 is 0 Å². The van der Waals surface area contributed by atoms with Gasteiger partial charge in [-0.3, -0.25) is 9.59 Å². The molecule has 6 nitrogen and oxygen atoms in total. The number of rotatable bonds is 4. The summed E-state index contributed by atoms with van der Waals surface area (Å²) >= 11 is 1.22. The molecule has 0 spiro atoms. The van der Waals surface area contributed by atoms with E-state index in [4.69, 9.17) is 0 Å². The number of nitrogens with zero attached hydrogens (tertiary/aromatic N) is 3. The molecule has 2 aliphatic rings. The number of aliphatic imine (C=N–C) groups is 2. The third kappa shape index (κ3) is 2.86. The molecule has 0 saturated heterocycles.